The normalized spacial score (nSPS) is 14.4. The molecule has 3 aromatic carbocycles. The van der Waals surface area contributed by atoms with Gasteiger partial charge in [-0.3, -0.25) is 4.79 Å². The first-order valence-corrected chi connectivity index (χ1v) is 15.1. The Morgan fingerprint density at radius 3 is 2.39 bits per heavy atom. The van der Waals surface area contributed by atoms with Crippen LogP contribution >= 0.6 is 11.6 Å². The number of carbonyl (C=O) groups is 1. The molecule has 0 saturated carbocycles. The van der Waals surface area contributed by atoms with Crippen LogP contribution in [-0.2, 0) is 24.8 Å². The van der Waals surface area contributed by atoms with Crippen LogP contribution < -0.4 is 20.8 Å². The van der Waals surface area contributed by atoms with E-state index < -0.39 is 36.5 Å². The van der Waals surface area contributed by atoms with Gasteiger partial charge in [-0.2, -0.15) is 4.72 Å². The molecule has 5 N–H and O–H groups in total. The number of fused-ring (bicyclic) bond motifs is 2. The molecule has 0 spiro atoms. The molecule has 11 nitrogen and oxygen atoms in total. The van der Waals surface area contributed by atoms with Crippen molar-refractivity contribution in [3.05, 3.63) is 93.3 Å². The van der Waals surface area contributed by atoms with Gasteiger partial charge in [0, 0.05) is 12.3 Å². The summed E-state index contributed by atoms with van der Waals surface area (Å²) in [4.78, 5) is 23.5. The summed E-state index contributed by atoms with van der Waals surface area (Å²) in [5.74, 6) is -0.715. The molecule has 0 amide bonds. The van der Waals surface area contributed by atoms with E-state index in [9.17, 15) is 31.5 Å². The number of carbonyl (C=O) groups excluding carboxylic acids is 1. The summed E-state index contributed by atoms with van der Waals surface area (Å²) >= 11 is 5.72. The number of ketones is 1. The standard InChI is InChI=1S/C19H16O4.C7H8ClN3O4S2.Na.H/c1-12(20)11-15(13-7-3-2-4-8-13)17-18(21)14-9-5-6-10-16(14)23-19(17)22;8-4-1-5-7(2-6(4)16(9,12)13)17(14,15)11-3-10-5;;/h2-10,15,21H,11H2,1H3;1-2,10-11H,3H2,(H2,9,12,13);;. The van der Waals surface area contributed by atoms with Crippen molar-refractivity contribution in [3.63, 3.8) is 0 Å². The molecule has 0 saturated heterocycles. The number of halogens is 1. The van der Waals surface area contributed by atoms with E-state index in [2.05, 4.69) is 10.0 Å². The number of sulfonamides is 2. The number of Topliss-reactive ketones (excluding diaryl/α,β-unsaturated/α-hetero) is 1. The van der Waals surface area contributed by atoms with E-state index in [0.29, 0.717) is 11.0 Å². The predicted molar refractivity (Wildman–Crippen MR) is 157 cm³/mol. The molecule has 41 heavy (non-hydrogen) atoms. The molecule has 15 heteroatoms. The second-order valence-electron chi connectivity index (χ2n) is 8.84. The Morgan fingerprint density at radius 1 is 1.12 bits per heavy atom. The van der Waals surface area contributed by atoms with Gasteiger partial charge >= 0.3 is 35.2 Å². The van der Waals surface area contributed by atoms with Gasteiger partial charge in [0.2, 0.25) is 20.0 Å². The Bertz CT molecular complexity index is 1880. The van der Waals surface area contributed by atoms with Gasteiger partial charge in [-0.15, -0.1) is 0 Å². The molecular formula is C26H25ClN3NaO8S2. The summed E-state index contributed by atoms with van der Waals surface area (Å²) < 4.78 is 53.2. The summed E-state index contributed by atoms with van der Waals surface area (Å²) in [7, 11) is -7.80. The number of rotatable bonds is 5. The SMILES string of the molecule is CC(=O)CC(c1ccccc1)c1c(O)c2ccccc2oc1=O.NS(=O)(=O)c1cc2c(cc1Cl)NCNS2(=O)=O.[NaH]. The summed E-state index contributed by atoms with van der Waals surface area (Å²) in [6.45, 7) is 1.48. The number of aromatic hydroxyl groups is 1. The number of hydrogen-bond donors (Lipinski definition) is 4. The van der Waals surface area contributed by atoms with Gasteiger partial charge in [-0.05, 0) is 36.8 Å². The predicted octanol–water partition coefficient (Wildman–Crippen LogP) is 2.61. The molecule has 1 atom stereocenters. The Kier molecular flexibility index (Phi) is 10.4. The molecule has 0 radical (unpaired) electrons. The van der Waals surface area contributed by atoms with Crippen molar-refractivity contribution >= 4 is 83.6 Å². The molecule has 0 fully saturated rings. The first-order chi connectivity index (χ1) is 18.8. The third kappa shape index (κ3) is 7.37. The number of anilines is 1. The van der Waals surface area contributed by atoms with E-state index in [-0.39, 0.29) is 75.3 Å². The topological polar surface area (TPSA) is 186 Å². The van der Waals surface area contributed by atoms with Crippen LogP contribution in [0.2, 0.25) is 5.02 Å². The Balaban J connectivity index is 0.000000230. The first kappa shape index (κ1) is 32.8. The zero-order chi connectivity index (χ0) is 29.2. The molecule has 1 unspecified atom stereocenters. The van der Waals surface area contributed by atoms with Crippen LogP contribution in [-0.4, -0.2) is 64.0 Å². The van der Waals surface area contributed by atoms with E-state index >= 15 is 0 Å². The summed E-state index contributed by atoms with van der Waals surface area (Å²) in [5, 5.41) is 18.6. The number of para-hydroxylation sites is 1. The van der Waals surface area contributed by atoms with Crippen molar-refractivity contribution in [1.29, 1.82) is 0 Å². The summed E-state index contributed by atoms with van der Waals surface area (Å²) in [5.41, 5.74) is 0.872. The van der Waals surface area contributed by atoms with Gasteiger partial charge < -0.3 is 14.8 Å². The van der Waals surface area contributed by atoms with Crippen LogP contribution in [0.3, 0.4) is 0 Å². The molecule has 0 bridgehead atoms. The van der Waals surface area contributed by atoms with Crippen LogP contribution in [0.25, 0.3) is 11.0 Å². The van der Waals surface area contributed by atoms with Crippen molar-refractivity contribution < 1.29 is 31.2 Å². The van der Waals surface area contributed by atoms with E-state index in [4.69, 9.17) is 21.2 Å². The van der Waals surface area contributed by atoms with Gasteiger partial charge in [0.25, 0.3) is 0 Å². The fourth-order valence-electron chi connectivity index (χ4n) is 4.23. The minimum absolute atomic E-state index is 0. The molecule has 1 aromatic heterocycles. The van der Waals surface area contributed by atoms with Crippen molar-refractivity contribution in [1.82, 2.24) is 4.72 Å². The van der Waals surface area contributed by atoms with Crippen LogP contribution in [0.1, 0.15) is 30.4 Å². The molecular weight excluding hydrogens is 605 g/mol. The monoisotopic (exact) mass is 629 g/mol. The van der Waals surface area contributed by atoms with E-state index in [1.165, 1.54) is 13.0 Å². The van der Waals surface area contributed by atoms with Crippen LogP contribution in [0, 0.1) is 0 Å². The van der Waals surface area contributed by atoms with E-state index in [1.807, 2.05) is 30.3 Å². The number of hydrogen-bond acceptors (Lipinski definition) is 9. The zero-order valence-corrected chi connectivity index (χ0v) is 23.3. The summed E-state index contributed by atoms with van der Waals surface area (Å²) in [6.07, 6.45) is 0.126. The van der Waals surface area contributed by atoms with Crippen LogP contribution in [0.4, 0.5) is 5.69 Å². The maximum atomic E-state index is 12.4. The first-order valence-electron chi connectivity index (χ1n) is 11.7. The molecule has 1 aliphatic heterocycles. The fraction of sp³-hybridized carbons (Fsp3) is 0.154. The number of nitrogens with one attached hydrogen (secondary N) is 2. The second kappa shape index (κ2) is 13.0. The van der Waals surface area contributed by atoms with Gasteiger partial charge in [-0.1, -0.05) is 54.1 Å². The Morgan fingerprint density at radius 2 is 1.76 bits per heavy atom. The molecule has 2 heterocycles. The van der Waals surface area contributed by atoms with E-state index in [0.717, 1.165) is 11.6 Å². The van der Waals surface area contributed by atoms with Gasteiger partial charge in [0.05, 0.1) is 28.3 Å². The summed E-state index contributed by atoms with van der Waals surface area (Å²) in [6, 6.07) is 18.2. The second-order valence-corrected chi connectivity index (χ2v) is 12.5. The average Bonchev–Trinajstić information content (AvgIpc) is 2.87. The third-order valence-corrected chi connectivity index (χ3v) is 8.85. The molecule has 5 rings (SSSR count). The van der Waals surface area contributed by atoms with Crippen molar-refractivity contribution in [2.75, 3.05) is 12.0 Å². The van der Waals surface area contributed by atoms with Gasteiger partial charge in [0.15, 0.2) is 0 Å². The van der Waals surface area contributed by atoms with Gasteiger partial charge in [-0.25, -0.2) is 26.8 Å². The maximum absolute atomic E-state index is 12.4. The number of benzene rings is 3. The zero-order valence-electron chi connectivity index (χ0n) is 20.9. The molecule has 4 aromatic rings. The van der Waals surface area contributed by atoms with E-state index in [1.54, 1.807) is 24.3 Å². The van der Waals surface area contributed by atoms with Crippen molar-refractivity contribution in [3.8, 4) is 5.75 Å². The van der Waals surface area contributed by atoms with Gasteiger partial charge in [0.1, 0.15) is 26.9 Å². The van der Waals surface area contributed by atoms with Crippen molar-refractivity contribution in [2.24, 2.45) is 5.14 Å². The van der Waals surface area contributed by atoms with Crippen molar-refractivity contribution in [2.45, 2.75) is 29.1 Å². The molecule has 0 aliphatic carbocycles. The fourth-order valence-corrected chi connectivity index (χ4v) is 6.52. The number of nitrogens with two attached hydrogens (primary N) is 1. The average molecular weight is 630 g/mol. The van der Waals surface area contributed by atoms with Crippen LogP contribution in [0.15, 0.2) is 85.7 Å². The van der Waals surface area contributed by atoms with Crippen LogP contribution in [0.5, 0.6) is 5.75 Å². The quantitative estimate of drug-likeness (QED) is 0.190. The minimum atomic E-state index is -4.07. The molecule has 212 valence electrons. The third-order valence-electron chi connectivity index (χ3n) is 6.03. The Hall–Kier alpha value is -2.75. The Labute approximate surface area is 263 Å². The number of primary sulfonamides is 1. The molecule has 1 aliphatic rings.